The van der Waals surface area contributed by atoms with Crippen LogP contribution in [0.1, 0.15) is 252 Å². The number of carboxylic acids is 1. The van der Waals surface area contributed by atoms with Gasteiger partial charge in [-0.25, -0.2) is 4.79 Å². The van der Waals surface area contributed by atoms with Gasteiger partial charge in [0.05, 0.1) is 6.61 Å². The molecule has 1 saturated heterocycles. The second kappa shape index (κ2) is 57.5. The number of rotatable bonds is 54. The Kier molecular flexibility index (Phi) is 52.8. The molecule has 0 radical (unpaired) electrons. The van der Waals surface area contributed by atoms with Crippen LogP contribution < -0.4 is 0 Å². The molecule has 0 bridgehead atoms. The Balaban J connectivity index is 2.70. The van der Waals surface area contributed by atoms with Gasteiger partial charge >= 0.3 is 23.9 Å². The molecule has 470 valence electrons. The summed E-state index contributed by atoms with van der Waals surface area (Å²) in [6, 6.07) is 0. The van der Waals surface area contributed by atoms with Crippen LogP contribution in [-0.4, -0.2) is 89.2 Å². The van der Waals surface area contributed by atoms with Crippen molar-refractivity contribution in [2.24, 2.45) is 0 Å². The van der Waals surface area contributed by atoms with Crippen LogP contribution in [0.3, 0.4) is 0 Å². The van der Waals surface area contributed by atoms with Crippen molar-refractivity contribution in [3.05, 3.63) is 122 Å². The number of aliphatic hydroxyl groups excluding tert-OH is 2. The average molecular weight is 1160 g/mol. The number of carbonyl (C=O) groups excluding carboxylic acids is 3. The van der Waals surface area contributed by atoms with Gasteiger partial charge in [0, 0.05) is 19.3 Å². The van der Waals surface area contributed by atoms with Crippen molar-refractivity contribution in [3.63, 3.8) is 0 Å². The number of unbranched alkanes of at least 4 members (excludes halogenated alkanes) is 20. The van der Waals surface area contributed by atoms with E-state index in [2.05, 4.69) is 142 Å². The monoisotopic (exact) mass is 1160 g/mol. The highest BCUT2D eigenvalue weighted by molar-refractivity contribution is 5.74. The third-order valence-electron chi connectivity index (χ3n) is 14.0. The Morgan fingerprint density at radius 3 is 1.16 bits per heavy atom. The van der Waals surface area contributed by atoms with E-state index in [0.717, 1.165) is 167 Å². The molecule has 1 aliphatic heterocycles. The fourth-order valence-corrected chi connectivity index (χ4v) is 9.09. The molecule has 0 aromatic rings. The van der Waals surface area contributed by atoms with Crippen molar-refractivity contribution in [2.75, 3.05) is 13.2 Å². The molecule has 6 atom stereocenters. The number of ether oxygens (including phenoxy) is 5. The fourth-order valence-electron chi connectivity index (χ4n) is 9.09. The number of esters is 3. The summed E-state index contributed by atoms with van der Waals surface area (Å²) in [6.07, 6.45) is 67.2. The zero-order chi connectivity index (χ0) is 60.3. The molecule has 1 fully saturated rings. The predicted octanol–water partition coefficient (Wildman–Crippen LogP) is 17.6. The van der Waals surface area contributed by atoms with E-state index in [1.807, 2.05) is 0 Å². The topological polar surface area (TPSA) is 175 Å². The molecule has 1 aliphatic rings. The van der Waals surface area contributed by atoms with Gasteiger partial charge < -0.3 is 39.0 Å². The summed E-state index contributed by atoms with van der Waals surface area (Å²) in [5.74, 6) is -3.19. The van der Waals surface area contributed by atoms with Crippen molar-refractivity contribution in [3.8, 4) is 0 Å². The Labute approximate surface area is 503 Å². The smallest absolute Gasteiger partial charge is 0.335 e. The standard InChI is InChI=1S/C71H114O12/c1-4-7-10-13-16-19-22-25-28-30-32-34-37-39-42-45-48-51-54-57-63(72)79-60-62(81-64(73)58-55-52-49-46-43-41-38-35-33-31-29-26-23-20-17-14-11-8-5-2)61-80-71-69(67(76)66(75)68(83-71)70(77)78)82-65(74)59-56-53-50-47-44-40-36-27-24-21-18-15-12-9-6-3/h7,9-10,12,16-21,25-29,32-36,62,66-69,71,75-76H,4-6,8,11,13-15,22-24,30-31,37-61H2,1-3H3,(H,77,78)/b10-7-,12-9-,19-16-,20-17-,21-18-,28-25-,29-26-,34-32-,35-33-,36-27-. The lowest BCUT2D eigenvalue weighted by molar-refractivity contribution is -0.301. The number of carbonyl (C=O) groups is 4. The third-order valence-corrected chi connectivity index (χ3v) is 14.0. The summed E-state index contributed by atoms with van der Waals surface area (Å²) >= 11 is 0. The van der Waals surface area contributed by atoms with E-state index in [1.54, 1.807) is 0 Å². The summed E-state index contributed by atoms with van der Waals surface area (Å²) in [7, 11) is 0. The summed E-state index contributed by atoms with van der Waals surface area (Å²) < 4.78 is 28.5. The van der Waals surface area contributed by atoms with E-state index >= 15 is 0 Å². The van der Waals surface area contributed by atoms with Crippen LogP contribution in [-0.2, 0) is 42.9 Å². The number of hydrogen-bond acceptors (Lipinski definition) is 11. The first-order valence-corrected chi connectivity index (χ1v) is 32.5. The average Bonchev–Trinajstić information content (AvgIpc) is 3.58. The minimum absolute atomic E-state index is 0.0320. The van der Waals surface area contributed by atoms with Gasteiger partial charge in [-0.1, -0.05) is 226 Å². The molecule has 0 spiro atoms. The van der Waals surface area contributed by atoms with Crippen molar-refractivity contribution >= 4 is 23.9 Å². The molecular weight excluding hydrogens is 1040 g/mol. The van der Waals surface area contributed by atoms with Crippen molar-refractivity contribution in [1.82, 2.24) is 0 Å². The molecule has 0 saturated carbocycles. The Morgan fingerprint density at radius 2 is 0.759 bits per heavy atom. The molecule has 0 aromatic heterocycles. The third kappa shape index (κ3) is 47.1. The van der Waals surface area contributed by atoms with Gasteiger partial charge in [-0.15, -0.1) is 0 Å². The van der Waals surface area contributed by atoms with E-state index in [0.29, 0.717) is 19.3 Å². The van der Waals surface area contributed by atoms with E-state index in [4.69, 9.17) is 23.7 Å². The zero-order valence-electron chi connectivity index (χ0n) is 51.9. The molecule has 3 N–H and O–H groups in total. The Bertz CT molecular complexity index is 1900. The number of aliphatic hydroxyl groups is 2. The quantitative estimate of drug-likeness (QED) is 0.0228. The first kappa shape index (κ1) is 76.1. The fraction of sp³-hybridized carbons (Fsp3) is 0.662. The van der Waals surface area contributed by atoms with Gasteiger partial charge in [-0.05, 0) is 128 Å². The highest BCUT2D eigenvalue weighted by Gasteiger charge is 2.50. The number of hydrogen-bond donors (Lipinski definition) is 3. The van der Waals surface area contributed by atoms with Crippen LogP contribution in [0, 0.1) is 0 Å². The molecule has 6 unspecified atom stereocenters. The lowest BCUT2D eigenvalue weighted by atomic mass is 9.98. The maximum absolute atomic E-state index is 13.2. The van der Waals surface area contributed by atoms with Crippen LogP contribution in [0.5, 0.6) is 0 Å². The summed E-state index contributed by atoms with van der Waals surface area (Å²) in [6.45, 7) is 5.72. The van der Waals surface area contributed by atoms with Gasteiger partial charge in [0.1, 0.15) is 18.8 Å². The van der Waals surface area contributed by atoms with E-state index in [1.165, 1.54) is 25.7 Å². The van der Waals surface area contributed by atoms with E-state index < -0.39 is 67.3 Å². The number of carboxylic acid groups (broad SMARTS) is 1. The maximum atomic E-state index is 13.2. The van der Waals surface area contributed by atoms with Gasteiger partial charge in [0.2, 0.25) is 0 Å². The first-order chi connectivity index (χ1) is 40.6. The van der Waals surface area contributed by atoms with Crippen molar-refractivity contribution in [2.45, 2.75) is 289 Å². The van der Waals surface area contributed by atoms with Crippen LogP contribution >= 0.6 is 0 Å². The van der Waals surface area contributed by atoms with Crippen LogP contribution in [0.4, 0.5) is 0 Å². The molecule has 0 aromatic carbocycles. The van der Waals surface area contributed by atoms with Crippen LogP contribution in [0.15, 0.2) is 122 Å². The van der Waals surface area contributed by atoms with Crippen LogP contribution in [0.25, 0.3) is 0 Å². The minimum Gasteiger partial charge on any atom is -0.479 e. The molecular formula is C71H114O12. The van der Waals surface area contributed by atoms with Crippen molar-refractivity contribution < 1.29 is 58.2 Å². The van der Waals surface area contributed by atoms with E-state index in [-0.39, 0.29) is 25.9 Å². The molecule has 83 heavy (non-hydrogen) atoms. The molecule has 12 heteroatoms. The predicted molar refractivity (Wildman–Crippen MR) is 340 cm³/mol. The Morgan fingerprint density at radius 1 is 0.410 bits per heavy atom. The highest BCUT2D eigenvalue weighted by Crippen LogP contribution is 2.26. The maximum Gasteiger partial charge on any atom is 0.335 e. The molecule has 1 rings (SSSR count). The molecule has 0 amide bonds. The van der Waals surface area contributed by atoms with Gasteiger partial charge in [0.25, 0.3) is 0 Å². The molecule has 12 nitrogen and oxygen atoms in total. The largest absolute Gasteiger partial charge is 0.479 e. The number of aliphatic carboxylic acids is 1. The highest BCUT2D eigenvalue weighted by atomic mass is 16.7. The molecule has 0 aliphatic carbocycles. The lowest BCUT2D eigenvalue weighted by Gasteiger charge is -2.40. The second-order valence-corrected chi connectivity index (χ2v) is 21.6. The second-order valence-electron chi connectivity index (χ2n) is 21.6. The SMILES string of the molecule is CC/C=C\C/C=C\C/C=C\C/C=C\CCCCCCCCC(=O)OCC(COC1OC(C(=O)O)C(O)C(O)C1OC(=O)CCCCCCC/C=C\C/C=C\C/C=C\CC)OC(=O)CCCCCCCC/C=C\C/C=C\C/C=C\CCCCC. The summed E-state index contributed by atoms with van der Waals surface area (Å²) in [4.78, 5) is 51.4. The van der Waals surface area contributed by atoms with Gasteiger partial charge in [-0.3, -0.25) is 14.4 Å². The Hall–Kier alpha value is -4.88. The summed E-state index contributed by atoms with van der Waals surface area (Å²) in [5, 5.41) is 31.6. The van der Waals surface area contributed by atoms with Gasteiger partial charge in [-0.2, -0.15) is 0 Å². The minimum atomic E-state index is -1.92. The first-order valence-electron chi connectivity index (χ1n) is 32.5. The summed E-state index contributed by atoms with van der Waals surface area (Å²) in [5.41, 5.74) is 0. The van der Waals surface area contributed by atoms with Crippen molar-refractivity contribution in [1.29, 1.82) is 0 Å². The van der Waals surface area contributed by atoms with E-state index in [9.17, 15) is 34.5 Å². The number of allylic oxidation sites excluding steroid dienone is 20. The molecule has 1 heterocycles. The zero-order valence-corrected chi connectivity index (χ0v) is 51.9. The van der Waals surface area contributed by atoms with Gasteiger partial charge in [0.15, 0.2) is 24.6 Å². The normalized spacial score (nSPS) is 18.4. The van der Waals surface area contributed by atoms with Crippen LogP contribution in [0.2, 0.25) is 0 Å². The lowest BCUT2D eigenvalue weighted by Crippen LogP contribution is -2.61.